The summed E-state index contributed by atoms with van der Waals surface area (Å²) >= 11 is 0. The van der Waals surface area contributed by atoms with Crippen molar-refractivity contribution in [3.05, 3.63) is 11.7 Å². The fourth-order valence-corrected chi connectivity index (χ4v) is 1.30. The maximum absolute atomic E-state index is 5.17. The van der Waals surface area contributed by atoms with Crippen LogP contribution in [0.1, 0.15) is 56.7 Å². The molecule has 0 unspecified atom stereocenters. The van der Waals surface area contributed by atoms with Crippen LogP contribution in [0.15, 0.2) is 4.52 Å². The first-order valence-corrected chi connectivity index (χ1v) is 4.61. The zero-order valence-corrected chi connectivity index (χ0v) is 7.58. The summed E-state index contributed by atoms with van der Waals surface area (Å²) in [6.07, 6.45) is 3.75. The normalized spacial score (nSPS) is 18.2. The molecule has 1 aromatic rings. The second-order valence-corrected chi connectivity index (χ2v) is 3.77. The fraction of sp³-hybridized carbons (Fsp3) is 0.778. The lowest BCUT2D eigenvalue weighted by molar-refractivity contribution is 0.290. The van der Waals surface area contributed by atoms with Crippen molar-refractivity contribution in [2.24, 2.45) is 0 Å². The van der Waals surface area contributed by atoms with Gasteiger partial charge in [0, 0.05) is 11.8 Å². The van der Waals surface area contributed by atoms with E-state index in [2.05, 4.69) is 24.0 Å². The van der Waals surface area contributed by atoms with Gasteiger partial charge in [-0.25, -0.2) is 0 Å². The third-order valence-corrected chi connectivity index (χ3v) is 2.43. The first-order valence-electron chi connectivity index (χ1n) is 4.61. The SMILES string of the molecule is CC(C)c1noc(C2CCC2)n1. The minimum Gasteiger partial charge on any atom is -0.339 e. The third kappa shape index (κ3) is 1.24. The van der Waals surface area contributed by atoms with E-state index in [1.54, 1.807) is 0 Å². The molecule has 3 nitrogen and oxygen atoms in total. The van der Waals surface area contributed by atoms with Crippen LogP contribution in [0.3, 0.4) is 0 Å². The minimum absolute atomic E-state index is 0.377. The second-order valence-electron chi connectivity index (χ2n) is 3.77. The first-order chi connectivity index (χ1) is 5.77. The van der Waals surface area contributed by atoms with E-state index in [1.165, 1.54) is 19.3 Å². The van der Waals surface area contributed by atoms with Crippen molar-refractivity contribution in [3.63, 3.8) is 0 Å². The van der Waals surface area contributed by atoms with E-state index >= 15 is 0 Å². The van der Waals surface area contributed by atoms with Crippen LogP contribution in [-0.2, 0) is 0 Å². The lowest BCUT2D eigenvalue weighted by Crippen LogP contribution is -2.09. The first kappa shape index (κ1) is 7.77. The summed E-state index contributed by atoms with van der Waals surface area (Å²) in [7, 11) is 0. The van der Waals surface area contributed by atoms with Crippen molar-refractivity contribution in [2.45, 2.75) is 44.9 Å². The Kier molecular flexibility index (Phi) is 1.87. The van der Waals surface area contributed by atoms with E-state index in [9.17, 15) is 0 Å². The average molecular weight is 166 g/mol. The number of rotatable bonds is 2. The summed E-state index contributed by atoms with van der Waals surface area (Å²) in [6.45, 7) is 4.16. The van der Waals surface area contributed by atoms with E-state index in [0.717, 1.165) is 11.7 Å². The lowest BCUT2D eigenvalue weighted by Gasteiger charge is -2.20. The van der Waals surface area contributed by atoms with Crippen LogP contribution in [0.2, 0.25) is 0 Å². The van der Waals surface area contributed by atoms with Crippen LogP contribution >= 0.6 is 0 Å². The Morgan fingerprint density at radius 1 is 1.42 bits per heavy atom. The Hall–Kier alpha value is -0.860. The van der Waals surface area contributed by atoms with Crippen LogP contribution in [0, 0.1) is 0 Å². The van der Waals surface area contributed by atoms with Crippen molar-refractivity contribution < 1.29 is 4.52 Å². The number of nitrogens with zero attached hydrogens (tertiary/aromatic N) is 2. The maximum atomic E-state index is 5.17. The second kappa shape index (κ2) is 2.88. The van der Waals surface area contributed by atoms with Gasteiger partial charge in [-0.05, 0) is 12.8 Å². The van der Waals surface area contributed by atoms with Crippen LogP contribution < -0.4 is 0 Å². The molecule has 1 aliphatic carbocycles. The summed E-state index contributed by atoms with van der Waals surface area (Å²) in [6, 6.07) is 0. The van der Waals surface area contributed by atoms with Gasteiger partial charge in [0.2, 0.25) is 5.89 Å². The molecule has 0 aromatic carbocycles. The summed E-state index contributed by atoms with van der Waals surface area (Å²) in [5.74, 6) is 2.63. The zero-order valence-electron chi connectivity index (χ0n) is 7.58. The Bertz CT molecular complexity index is 263. The molecule has 1 aliphatic rings. The third-order valence-electron chi connectivity index (χ3n) is 2.43. The summed E-state index contributed by atoms with van der Waals surface area (Å²) < 4.78 is 5.17. The summed E-state index contributed by atoms with van der Waals surface area (Å²) in [4.78, 5) is 4.35. The summed E-state index contributed by atoms with van der Waals surface area (Å²) in [5, 5.41) is 3.93. The summed E-state index contributed by atoms with van der Waals surface area (Å²) in [5.41, 5.74) is 0. The molecule has 2 rings (SSSR count). The quantitative estimate of drug-likeness (QED) is 0.677. The van der Waals surface area contributed by atoms with Crippen LogP contribution in [0.4, 0.5) is 0 Å². The molecule has 0 atom stereocenters. The van der Waals surface area contributed by atoms with E-state index in [-0.39, 0.29) is 0 Å². The van der Waals surface area contributed by atoms with Crippen molar-refractivity contribution in [3.8, 4) is 0 Å². The van der Waals surface area contributed by atoms with Gasteiger partial charge in [0.25, 0.3) is 0 Å². The zero-order chi connectivity index (χ0) is 8.55. The van der Waals surface area contributed by atoms with Gasteiger partial charge in [-0.15, -0.1) is 0 Å². The van der Waals surface area contributed by atoms with Crippen molar-refractivity contribution in [1.29, 1.82) is 0 Å². The molecular formula is C9H14N2O. The predicted octanol–water partition coefficient (Wildman–Crippen LogP) is 2.46. The van der Waals surface area contributed by atoms with Crippen molar-refractivity contribution >= 4 is 0 Å². The average Bonchev–Trinajstić information content (AvgIpc) is 2.32. The van der Waals surface area contributed by atoms with Gasteiger partial charge in [0.1, 0.15) is 0 Å². The molecule has 0 N–H and O–H groups in total. The molecule has 3 heteroatoms. The van der Waals surface area contributed by atoms with Crippen molar-refractivity contribution in [1.82, 2.24) is 10.1 Å². The highest BCUT2D eigenvalue weighted by molar-refractivity contribution is 5.00. The van der Waals surface area contributed by atoms with Gasteiger partial charge in [-0.1, -0.05) is 25.4 Å². The number of aromatic nitrogens is 2. The van der Waals surface area contributed by atoms with E-state index in [4.69, 9.17) is 4.52 Å². The highest BCUT2D eigenvalue weighted by Gasteiger charge is 2.25. The van der Waals surface area contributed by atoms with Crippen LogP contribution in [-0.4, -0.2) is 10.1 Å². The Labute approximate surface area is 72.2 Å². The van der Waals surface area contributed by atoms with Gasteiger partial charge in [0.15, 0.2) is 5.82 Å². The molecule has 0 amide bonds. The molecule has 1 saturated carbocycles. The van der Waals surface area contributed by atoms with Crippen molar-refractivity contribution in [2.75, 3.05) is 0 Å². The molecular weight excluding hydrogens is 152 g/mol. The van der Waals surface area contributed by atoms with Crippen LogP contribution in [0.5, 0.6) is 0 Å². The van der Waals surface area contributed by atoms with E-state index < -0.39 is 0 Å². The molecule has 1 aromatic heterocycles. The smallest absolute Gasteiger partial charge is 0.229 e. The standard InChI is InChI=1S/C9H14N2O/c1-6(2)8-10-9(12-11-8)7-4-3-5-7/h6-7H,3-5H2,1-2H3. The molecule has 0 aliphatic heterocycles. The Morgan fingerprint density at radius 3 is 2.58 bits per heavy atom. The molecule has 0 bridgehead atoms. The Morgan fingerprint density at radius 2 is 2.17 bits per heavy atom. The monoisotopic (exact) mass is 166 g/mol. The van der Waals surface area contributed by atoms with Gasteiger partial charge in [0.05, 0.1) is 0 Å². The van der Waals surface area contributed by atoms with Gasteiger partial charge in [-0.3, -0.25) is 0 Å². The largest absolute Gasteiger partial charge is 0.339 e. The van der Waals surface area contributed by atoms with Gasteiger partial charge >= 0.3 is 0 Å². The molecule has 0 radical (unpaired) electrons. The fourth-order valence-electron chi connectivity index (χ4n) is 1.30. The van der Waals surface area contributed by atoms with Gasteiger partial charge in [-0.2, -0.15) is 4.98 Å². The number of hydrogen-bond donors (Lipinski definition) is 0. The number of hydrogen-bond acceptors (Lipinski definition) is 3. The topological polar surface area (TPSA) is 38.9 Å². The van der Waals surface area contributed by atoms with Crippen LogP contribution in [0.25, 0.3) is 0 Å². The molecule has 1 fully saturated rings. The maximum Gasteiger partial charge on any atom is 0.229 e. The molecule has 12 heavy (non-hydrogen) atoms. The highest BCUT2D eigenvalue weighted by Crippen LogP contribution is 2.35. The lowest BCUT2D eigenvalue weighted by atomic mass is 9.85. The molecule has 66 valence electrons. The van der Waals surface area contributed by atoms with E-state index in [0.29, 0.717) is 11.8 Å². The molecule has 1 heterocycles. The molecule has 0 spiro atoms. The predicted molar refractivity (Wildman–Crippen MR) is 45.0 cm³/mol. The minimum atomic E-state index is 0.377. The van der Waals surface area contributed by atoms with E-state index in [1.807, 2.05) is 0 Å². The molecule has 0 saturated heterocycles. The Balaban J connectivity index is 2.12. The van der Waals surface area contributed by atoms with Gasteiger partial charge < -0.3 is 4.52 Å². The highest BCUT2D eigenvalue weighted by atomic mass is 16.5.